The summed E-state index contributed by atoms with van der Waals surface area (Å²) >= 11 is 0. The van der Waals surface area contributed by atoms with Crippen LogP contribution in [-0.4, -0.2) is 83.3 Å². The van der Waals surface area contributed by atoms with Crippen LogP contribution in [-0.2, 0) is 18.9 Å². The van der Waals surface area contributed by atoms with Gasteiger partial charge in [-0.05, 0) is 46.1 Å². The van der Waals surface area contributed by atoms with E-state index in [0.29, 0.717) is 25.6 Å². The van der Waals surface area contributed by atoms with E-state index in [4.69, 9.17) is 18.9 Å². The molecule has 3 saturated heterocycles. The summed E-state index contributed by atoms with van der Waals surface area (Å²) in [5.41, 5.74) is 0.722. The molecule has 1 N–H and O–H groups in total. The zero-order chi connectivity index (χ0) is 23.2. The van der Waals surface area contributed by atoms with E-state index in [2.05, 4.69) is 42.1 Å². The molecule has 4 unspecified atom stereocenters. The maximum Gasteiger partial charge on any atom is 0.410 e. The van der Waals surface area contributed by atoms with Crippen molar-refractivity contribution in [1.29, 1.82) is 0 Å². The molecule has 0 radical (unpaired) electrons. The summed E-state index contributed by atoms with van der Waals surface area (Å²) in [5.74, 6) is 0.596. The number of epoxide rings is 2. The van der Waals surface area contributed by atoms with Gasteiger partial charge in [-0.15, -0.1) is 0 Å². The number of nitrogens with zero attached hydrogens (tertiary/aromatic N) is 3. The van der Waals surface area contributed by atoms with Crippen molar-refractivity contribution in [1.82, 2.24) is 14.9 Å². The molecule has 6 atom stereocenters. The molecule has 1 spiro atoms. The number of aromatic nitrogens is 2. The van der Waals surface area contributed by atoms with Gasteiger partial charge in [-0.25, -0.2) is 14.8 Å². The maximum atomic E-state index is 12.9. The Morgan fingerprint density at radius 2 is 2.06 bits per heavy atom. The number of rotatable bonds is 7. The zero-order valence-electron chi connectivity index (χ0n) is 19.8. The van der Waals surface area contributed by atoms with Crippen LogP contribution in [0, 0.1) is 5.92 Å². The molecule has 4 aliphatic rings. The molecule has 3 aliphatic heterocycles. The van der Waals surface area contributed by atoms with Gasteiger partial charge in [-0.3, -0.25) is 0 Å². The Balaban J connectivity index is 1.20. The number of methoxy groups -OCH3 is 1. The smallest absolute Gasteiger partial charge is 0.410 e. The third-order valence-electron chi connectivity index (χ3n) is 7.53. The number of hydrogen-bond acceptors (Lipinski definition) is 8. The number of ether oxygens (including phenoxy) is 4. The second-order valence-corrected chi connectivity index (χ2v) is 10.1. The van der Waals surface area contributed by atoms with Crippen LogP contribution < -0.4 is 5.32 Å². The predicted molar refractivity (Wildman–Crippen MR) is 121 cm³/mol. The fourth-order valence-corrected chi connectivity index (χ4v) is 5.55. The Morgan fingerprint density at radius 3 is 2.70 bits per heavy atom. The van der Waals surface area contributed by atoms with Gasteiger partial charge in [0.15, 0.2) is 0 Å². The number of amides is 1. The van der Waals surface area contributed by atoms with Gasteiger partial charge in [-0.1, -0.05) is 11.6 Å². The van der Waals surface area contributed by atoms with Crippen LogP contribution >= 0.6 is 0 Å². The van der Waals surface area contributed by atoms with Crippen LogP contribution in [0.25, 0.3) is 0 Å². The number of allylic oxidation sites excluding steroid dienone is 1. The molecule has 180 valence electrons. The number of carbonyl (C=O) groups is 1. The van der Waals surface area contributed by atoms with Crippen molar-refractivity contribution in [2.24, 2.45) is 5.92 Å². The third-order valence-corrected chi connectivity index (χ3v) is 7.53. The number of likely N-dealkylation sites (tertiary alicyclic amines) is 1. The van der Waals surface area contributed by atoms with Crippen LogP contribution in [0.2, 0.25) is 0 Å². The fraction of sp³-hybridized carbons (Fsp3) is 0.708. The number of anilines is 1. The van der Waals surface area contributed by atoms with Crippen LogP contribution in [0.5, 0.6) is 0 Å². The van der Waals surface area contributed by atoms with Gasteiger partial charge in [0.25, 0.3) is 0 Å². The monoisotopic (exact) mass is 458 g/mol. The SMILES string of the molecule is COC1C(OC(=O)N2CC(Nc3ncccn3)C2)CCC2(CO2)C1[C@@]1(C)O[C@@H]1CC=C(C)C. The number of nitrogens with one attached hydrogen (secondary N) is 1. The first-order valence-electron chi connectivity index (χ1n) is 11.8. The number of hydrogen-bond donors (Lipinski definition) is 1. The van der Waals surface area contributed by atoms with Crippen molar-refractivity contribution in [3.05, 3.63) is 30.1 Å². The Hall–Kier alpha value is -2.23. The maximum absolute atomic E-state index is 12.9. The topological polar surface area (TPSA) is 102 Å². The third kappa shape index (κ3) is 4.34. The minimum Gasteiger partial charge on any atom is -0.443 e. The van der Waals surface area contributed by atoms with Gasteiger partial charge < -0.3 is 29.2 Å². The molecule has 5 rings (SSSR count). The van der Waals surface area contributed by atoms with Crippen LogP contribution in [0.1, 0.15) is 40.0 Å². The van der Waals surface area contributed by atoms with Gasteiger partial charge in [0.05, 0.1) is 24.7 Å². The molecule has 4 fully saturated rings. The van der Waals surface area contributed by atoms with Crippen molar-refractivity contribution in [2.45, 2.75) is 75.6 Å². The lowest BCUT2D eigenvalue weighted by Crippen LogP contribution is -2.60. The van der Waals surface area contributed by atoms with Crippen molar-refractivity contribution < 1.29 is 23.7 Å². The second kappa shape index (κ2) is 8.52. The van der Waals surface area contributed by atoms with Gasteiger partial charge >= 0.3 is 6.09 Å². The Labute approximate surface area is 194 Å². The minimum atomic E-state index is -0.338. The molecule has 1 amide bonds. The summed E-state index contributed by atoms with van der Waals surface area (Å²) in [7, 11) is 1.69. The Kier molecular flexibility index (Phi) is 5.83. The van der Waals surface area contributed by atoms with E-state index in [1.807, 2.05) is 0 Å². The van der Waals surface area contributed by atoms with E-state index in [0.717, 1.165) is 19.3 Å². The summed E-state index contributed by atoms with van der Waals surface area (Å²) in [4.78, 5) is 22.9. The molecule has 1 saturated carbocycles. The Morgan fingerprint density at radius 1 is 1.33 bits per heavy atom. The van der Waals surface area contributed by atoms with Crippen LogP contribution in [0.3, 0.4) is 0 Å². The molecular weight excluding hydrogens is 424 g/mol. The van der Waals surface area contributed by atoms with Crippen LogP contribution in [0.4, 0.5) is 10.7 Å². The highest BCUT2D eigenvalue weighted by Gasteiger charge is 2.72. The van der Waals surface area contributed by atoms with E-state index in [-0.39, 0.29) is 47.6 Å². The van der Waals surface area contributed by atoms with E-state index in [9.17, 15) is 4.79 Å². The molecule has 4 heterocycles. The average molecular weight is 459 g/mol. The first kappa shape index (κ1) is 22.6. The molecule has 9 nitrogen and oxygen atoms in total. The highest BCUT2D eigenvalue weighted by atomic mass is 16.6. The van der Waals surface area contributed by atoms with E-state index < -0.39 is 0 Å². The van der Waals surface area contributed by atoms with E-state index in [1.54, 1.807) is 30.5 Å². The minimum absolute atomic E-state index is 0.0261. The number of carbonyl (C=O) groups excluding carboxylic acids is 1. The predicted octanol–water partition coefficient (Wildman–Crippen LogP) is 2.79. The molecular formula is C24H34N4O5. The standard InChI is InChI=1S/C24H34N4O5/c1-15(2)6-7-18-23(3,33-18)20-19(30-4)17(8-9-24(20)14-31-24)32-22(29)28-12-16(13-28)27-21-25-10-5-11-26-21/h5-6,10-11,16-20H,7-9,12-14H2,1-4H3,(H,25,26,27)/t17?,18-,19?,20?,23+,24?/m1/s1. The summed E-state index contributed by atoms with van der Waals surface area (Å²) < 4.78 is 24.2. The quantitative estimate of drug-likeness (QED) is 0.492. The molecule has 1 aromatic rings. The van der Waals surface area contributed by atoms with Gasteiger partial charge in [0.2, 0.25) is 5.95 Å². The molecule has 33 heavy (non-hydrogen) atoms. The van der Waals surface area contributed by atoms with Crippen molar-refractivity contribution in [3.8, 4) is 0 Å². The van der Waals surface area contributed by atoms with Crippen LogP contribution in [0.15, 0.2) is 30.1 Å². The normalized spacial score (nSPS) is 37.3. The fourth-order valence-electron chi connectivity index (χ4n) is 5.55. The summed E-state index contributed by atoms with van der Waals surface area (Å²) in [6.07, 6.45) is 7.28. The first-order valence-corrected chi connectivity index (χ1v) is 11.8. The van der Waals surface area contributed by atoms with Gasteiger partial charge in [-0.2, -0.15) is 0 Å². The zero-order valence-corrected chi connectivity index (χ0v) is 19.8. The van der Waals surface area contributed by atoms with Gasteiger partial charge in [0.1, 0.15) is 23.4 Å². The summed E-state index contributed by atoms with van der Waals surface area (Å²) in [6, 6.07) is 1.89. The molecule has 0 bridgehead atoms. The van der Waals surface area contributed by atoms with Gasteiger partial charge in [0, 0.05) is 32.6 Å². The molecule has 0 aromatic carbocycles. The average Bonchev–Trinajstić information content (AvgIpc) is 3.68. The van der Waals surface area contributed by atoms with Crippen molar-refractivity contribution >= 4 is 12.0 Å². The first-order chi connectivity index (χ1) is 15.8. The highest BCUT2D eigenvalue weighted by molar-refractivity contribution is 5.69. The van der Waals surface area contributed by atoms with E-state index in [1.165, 1.54) is 5.57 Å². The highest BCUT2D eigenvalue weighted by Crippen LogP contribution is 2.59. The van der Waals surface area contributed by atoms with Crippen molar-refractivity contribution in [2.75, 3.05) is 32.1 Å². The molecule has 1 aromatic heterocycles. The summed E-state index contributed by atoms with van der Waals surface area (Å²) in [5, 5.41) is 3.23. The molecule has 1 aliphatic carbocycles. The lowest BCUT2D eigenvalue weighted by Gasteiger charge is -2.44. The molecule has 9 heteroatoms. The lowest BCUT2D eigenvalue weighted by atomic mass is 9.68. The second-order valence-electron chi connectivity index (χ2n) is 10.1. The lowest BCUT2D eigenvalue weighted by molar-refractivity contribution is -0.123. The summed E-state index contributed by atoms with van der Waals surface area (Å²) in [6.45, 7) is 8.18. The van der Waals surface area contributed by atoms with E-state index >= 15 is 0 Å². The largest absolute Gasteiger partial charge is 0.443 e. The van der Waals surface area contributed by atoms with Crippen molar-refractivity contribution in [3.63, 3.8) is 0 Å². The Bertz CT molecular complexity index is 897.